The third-order valence-corrected chi connectivity index (χ3v) is 3.62. The van der Waals surface area contributed by atoms with Gasteiger partial charge in [0.05, 0.1) is 12.3 Å². The second kappa shape index (κ2) is 7.13. The Morgan fingerprint density at radius 3 is 2.32 bits per heavy atom. The zero-order valence-electron chi connectivity index (χ0n) is 13.5. The Bertz CT molecular complexity index is 589. The van der Waals surface area contributed by atoms with Gasteiger partial charge in [-0.1, -0.05) is 12.1 Å². The van der Waals surface area contributed by atoms with Gasteiger partial charge in [0.15, 0.2) is 5.76 Å². The first kappa shape index (κ1) is 16.1. The van der Waals surface area contributed by atoms with Gasteiger partial charge in [0, 0.05) is 26.3 Å². The topological polar surface area (TPSA) is 48.7 Å². The predicted octanol–water partition coefficient (Wildman–Crippen LogP) is 2.38. The fourth-order valence-electron chi connectivity index (χ4n) is 2.28. The summed E-state index contributed by atoms with van der Waals surface area (Å²) in [5.41, 5.74) is 2.32. The molecule has 1 heterocycles. The fraction of sp³-hybridized carbons (Fsp3) is 0.353. The van der Waals surface area contributed by atoms with Gasteiger partial charge in [-0.15, -0.1) is 0 Å². The van der Waals surface area contributed by atoms with E-state index in [9.17, 15) is 4.79 Å². The van der Waals surface area contributed by atoms with Crippen molar-refractivity contribution in [3.8, 4) is 0 Å². The molecule has 0 aliphatic heterocycles. The molecule has 0 aliphatic carbocycles. The number of amides is 1. The highest BCUT2D eigenvalue weighted by atomic mass is 16.3. The largest absolute Gasteiger partial charge is 0.459 e. The Morgan fingerprint density at radius 2 is 1.82 bits per heavy atom. The summed E-state index contributed by atoms with van der Waals surface area (Å²) in [6.07, 6.45) is 1.50. The number of benzene rings is 1. The van der Waals surface area contributed by atoms with Crippen LogP contribution in [0, 0.1) is 0 Å². The molecule has 0 radical (unpaired) electrons. The van der Waals surface area contributed by atoms with Crippen molar-refractivity contribution in [1.82, 2.24) is 10.2 Å². The maximum Gasteiger partial charge on any atom is 0.287 e. The lowest BCUT2D eigenvalue weighted by atomic mass is 10.1. The average Bonchev–Trinajstić information content (AvgIpc) is 3.01. The van der Waals surface area contributed by atoms with E-state index >= 15 is 0 Å². The van der Waals surface area contributed by atoms with Crippen LogP contribution in [0.5, 0.6) is 0 Å². The van der Waals surface area contributed by atoms with Gasteiger partial charge in [0.1, 0.15) is 0 Å². The van der Waals surface area contributed by atoms with Gasteiger partial charge in [-0.2, -0.15) is 0 Å². The highest BCUT2D eigenvalue weighted by Gasteiger charge is 2.17. The van der Waals surface area contributed by atoms with Crippen LogP contribution >= 0.6 is 0 Å². The van der Waals surface area contributed by atoms with E-state index in [-0.39, 0.29) is 11.9 Å². The number of nitrogens with one attached hydrogen (secondary N) is 1. The van der Waals surface area contributed by atoms with Crippen molar-refractivity contribution in [2.45, 2.75) is 6.04 Å². The molecule has 5 heteroatoms. The summed E-state index contributed by atoms with van der Waals surface area (Å²) >= 11 is 0. The normalized spacial score (nSPS) is 12.2. The molecular formula is C17H23N3O2. The number of anilines is 1. The Balaban J connectivity index is 2.05. The third-order valence-electron chi connectivity index (χ3n) is 3.62. The lowest BCUT2D eigenvalue weighted by Crippen LogP contribution is -2.34. The van der Waals surface area contributed by atoms with Crippen LogP contribution in [0.3, 0.4) is 0 Å². The van der Waals surface area contributed by atoms with Crippen LogP contribution < -0.4 is 10.2 Å². The highest BCUT2D eigenvalue weighted by Crippen LogP contribution is 2.21. The summed E-state index contributed by atoms with van der Waals surface area (Å²) < 4.78 is 5.10. The highest BCUT2D eigenvalue weighted by molar-refractivity contribution is 5.91. The summed E-state index contributed by atoms with van der Waals surface area (Å²) in [4.78, 5) is 16.1. The number of hydrogen-bond donors (Lipinski definition) is 1. The minimum Gasteiger partial charge on any atom is -0.459 e. The maximum absolute atomic E-state index is 12.0. The molecule has 1 atom stereocenters. The summed E-state index contributed by atoms with van der Waals surface area (Å²) in [5.74, 6) is 0.141. The van der Waals surface area contributed by atoms with Gasteiger partial charge in [0.2, 0.25) is 0 Å². The first-order chi connectivity index (χ1) is 10.5. The van der Waals surface area contributed by atoms with Gasteiger partial charge in [-0.05, 0) is 43.9 Å². The molecule has 118 valence electrons. The molecule has 0 spiro atoms. The van der Waals surface area contributed by atoms with Crippen LogP contribution in [0.4, 0.5) is 5.69 Å². The number of carbonyl (C=O) groups excluding carboxylic acids is 1. The minimum absolute atomic E-state index is 0.107. The molecule has 5 nitrogen and oxygen atoms in total. The van der Waals surface area contributed by atoms with E-state index in [4.69, 9.17) is 4.42 Å². The monoisotopic (exact) mass is 301 g/mol. The minimum atomic E-state index is -0.193. The van der Waals surface area contributed by atoms with Crippen molar-refractivity contribution in [2.24, 2.45) is 0 Å². The van der Waals surface area contributed by atoms with Crippen LogP contribution in [0.2, 0.25) is 0 Å². The van der Waals surface area contributed by atoms with E-state index in [0.29, 0.717) is 12.3 Å². The van der Waals surface area contributed by atoms with Crippen LogP contribution in [-0.4, -0.2) is 45.5 Å². The Kier molecular flexibility index (Phi) is 5.22. The van der Waals surface area contributed by atoms with E-state index in [1.54, 1.807) is 12.1 Å². The molecule has 1 aromatic heterocycles. The van der Waals surface area contributed by atoms with Crippen LogP contribution in [-0.2, 0) is 0 Å². The first-order valence-electron chi connectivity index (χ1n) is 7.24. The maximum atomic E-state index is 12.0. The van der Waals surface area contributed by atoms with E-state index in [1.165, 1.54) is 6.26 Å². The molecule has 0 bridgehead atoms. The number of carbonyl (C=O) groups is 1. The molecule has 1 aromatic carbocycles. The first-order valence-corrected chi connectivity index (χ1v) is 7.24. The Hall–Kier alpha value is -2.27. The van der Waals surface area contributed by atoms with Crippen molar-refractivity contribution in [1.29, 1.82) is 0 Å². The molecule has 0 unspecified atom stereocenters. The lowest BCUT2D eigenvalue weighted by Gasteiger charge is -2.25. The molecule has 22 heavy (non-hydrogen) atoms. The van der Waals surface area contributed by atoms with Crippen molar-refractivity contribution >= 4 is 11.6 Å². The Morgan fingerprint density at radius 1 is 1.14 bits per heavy atom. The quantitative estimate of drug-likeness (QED) is 0.890. The summed E-state index contributed by atoms with van der Waals surface area (Å²) in [5, 5.41) is 2.92. The van der Waals surface area contributed by atoms with Crippen molar-refractivity contribution in [3.05, 3.63) is 54.0 Å². The fourth-order valence-corrected chi connectivity index (χ4v) is 2.28. The average molecular weight is 301 g/mol. The van der Waals surface area contributed by atoms with Gasteiger partial charge in [-0.3, -0.25) is 4.79 Å². The van der Waals surface area contributed by atoms with Gasteiger partial charge in [-0.25, -0.2) is 0 Å². The molecular weight excluding hydrogens is 278 g/mol. The summed E-state index contributed by atoms with van der Waals surface area (Å²) in [6, 6.07) is 11.8. The van der Waals surface area contributed by atoms with Crippen molar-refractivity contribution < 1.29 is 9.21 Å². The van der Waals surface area contributed by atoms with Crippen molar-refractivity contribution in [2.75, 3.05) is 39.6 Å². The molecule has 2 rings (SSSR count). The summed E-state index contributed by atoms with van der Waals surface area (Å²) in [6.45, 7) is 0.522. The van der Waals surface area contributed by atoms with Gasteiger partial charge >= 0.3 is 0 Å². The standard InChI is InChI=1S/C17H23N3O2/c1-19(2)14-9-7-13(8-10-14)15(20(3)4)12-18-17(21)16-6-5-11-22-16/h5-11,15H,12H2,1-4H3,(H,18,21)/t15-/m1/s1. The third kappa shape index (κ3) is 3.89. The molecule has 0 saturated carbocycles. The number of nitrogens with zero attached hydrogens (tertiary/aromatic N) is 2. The molecule has 2 aromatic rings. The number of rotatable bonds is 6. The molecule has 0 fully saturated rings. The molecule has 1 N–H and O–H groups in total. The number of furan rings is 1. The lowest BCUT2D eigenvalue weighted by molar-refractivity contribution is 0.0914. The molecule has 0 saturated heterocycles. The Labute approximate surface area is 131 Å². The van der Waals surface area contributed by atoms with Crippen LogP contribution in [0.1, 0.15) is 22.2 Å². The van der Waals surface area contributed by atoms with Crippen LogP contribution in [0.15, 0.2) is 47.1 Å². The molecule has 0 aliphatic rings. The van der Waals surface area contributed by atoms with Gasteiger partial charge < -0.3 is 19.5 Å². The number of likely N-dealkylation sites (N-methyl/N-ethyl adjacent to an activating group) is 1. The smallest absolute Gasteiger partial charge is 0.287 e. The second-order valence-electron chi connectivity index (χ2n) is 5.65. The van der Waals surface area contributed by atoms with Gasteiger partial charge in [0.25, 0.3) is 5.91 Å². The van der Waals surface area contributed by atoms with E-state index in [1.807, 2.05) is 28.2 Å². The SMILES string of the molecule is CN(C)c1ccc([C@@H](CNC(=O)c2ccco2)N(C)C)cc1. The van der Waals surface area contributed by atoms with E-state index in [2.05, 4.69) is 39.4 Å². The number of hydrogen-bond acceptors (Lipinski definition) is 4. The van der Waals surface area contributed by atoms with Crippen LogP contribution in [0.25, 0.3) is 0 Å². The second-order valence-corrected chi connectivity index (χ2v) is 5.65. The molecule has 1 amide bonds. The summed E-state index contributed by atoms with van der Waals surface area (Å²) in [7, 11) is 8.04. The zero-order valence-corrected chi connectivity index (χ0v) is 13.5. The van der Waals surface area contributed by atoms with Crippen molar-refractivity contribution in [3.63, 3.8) is 0 Å². The predicted molar refractivity (Wildman–Crippen MR) is 88.2 cm³/mol. The zero-order chi connectivity index (χ0) is 16.1. The van der Waals surface area contributed by atoms with E-state index < -0.39 is 0 Å². The van der Waals surface area contributed by atoms with E-state index in [0.717, 1.165) is 11.3 Å².